The average molecular weight is 415 g/mol. The van der Waals surface area contributed by atoms with Crippen molar-refractivity contribution in [2.75, 3.05) is 5.32 Å². The maximum Gasteiger partial charge on any atom is 0.387 e. The molecule has 0 spiro atoms. The van der Waals surface area contributed by atoms with E-state index < -0.39 is 12.5 Å². The van der Waals surface area contributed by atoms with Crippen LogP contribution < -0.4 is 10.1 Å². The Hall–Kier alpha value is -2.49. The number of aromatic nitrogens is 3. The molecule has 132 valence electrons. The summed E-state index contributed by atoms with van der Waals surface area (Å²) in [6, 6.07) is 2.62. The molecule has 0 saturated carbocycles. The summed E-state index contributed by atoms with van der Waals surface area (Å²) in [5.41, 5.74) is 0.316. The van der Waals surface area contributed by atoms with Crippen LogP contribution in [-0.2, 0) is 13.5 Å². The normalized spacial score (nSPS) is 11.3. The van der Waals surface area contributed by atoms with Crippen LogP contribution >= 0.6 is 15.9 Å². The molecule has 0 bridgehead atoms. The van der Waals surface area contributed by atoms with E-state index in [0.717, 1.165) is 0 Å². The molecule has 3 rings (SSSR count). The van der Waals surface area contributed by atoms with Crippen LogP contribution in [0.15, 0.2) is 27.2 Å². The van der Waals surface area contributed by atoms with Crippen molar-refractivity contribution in [2.24, 2.45) is 7.05 Å². The number of nitrogens with zero attached hydrogens (tertiary/aromatic N) is 3. The van der Waals surface area contributed by atoms with Gasteiger partial charge in [-0.15, -0.1) is 0 Å². The molecular formula is C15H13BrF2N4O3. The topological polar surface area (TPSA) is 82.2 Å². The first kappa shape index (κ1) is 17.3. The number of hydrogen-bond acceptors (Lipinski definition) is 5. The molecule has 0 unspecified atom stereocenters. The van der Waals surface area contributed by atoms with E-state index >= 15 is 0 Å². The van der Waals surface area contributed by atoms with Crippen LogP contribution in [0.25, 0.3) is 11.1 Å². The lowest BCUT2D eigenvalue weighted by molar-refractivity contribution is -0.0489. The summed E-state index contributed by atoms with van der Waals surface area (Å²) in [4.78, 5) is 16.7. The number of halogens is 3. The molecule has 0 saturated heterocycles. The molecule has 2 aromatic heterocycles. The third-order valence-corrected chi connectivity index (χ3v) is 4.02. The Kier molecular flexibility index (Phi) is 4.71. The van der Waals surface area contributed by atoms with E-state index in [0.29, 0.717) is 22.6 Å². The zero-order chi connectivity index (χ0) is 18.1. The molecule has 25 heavy (non-hydrogen) atoms. The summed E-state index contributed by atoms with van der Waals surface area (Å²) < 4.78 is 37.2. The Bertz CT molecular complexity index is 919. The highest BCUT2D eigenvalue weighted by molar-refractivity contribution is 9.10. The van der Waals surface area contributed by atoms with Crippen molar-refractivity contribution in [3.63, 3.8) is 0 Å². The van der Waals surface area contributed by atoms with Gasteiger partial charge in [0.15, 0.2) is 22.7 Å². The Morgan fingerprint density at radius 1 is 1.48 bits per heavy atom. The number of aryl methyl sites for hydroxylation is 2. The van der Waals surface area contributed by atoms with Crippen LogP contribution in [0.4, 0.5) is 14.6 Å². The van der Waals surface area contributed by atoms with Crippen LogP contribution in [-0.4, -0.2) is 27.3 Å². The number of oxazole rings is 1. The average Bonchev–Trinajstić information content (AvgIpc) is 3.13. The van der Waals surface area contributed by atoms with Crippen molar-refractivity contribution in [3.8, 4) is 5.75 Å². The molecule has 1 amide bonds. The minimum absolute atomic E-state index is 0.0777. The number of nitrogens with one attached hydrogen (secondary N) is 1. The van der Waals surface area contributed by atoms with Gasteiger partial charge in [0.25, 0.3) is 5.91 Å². The zero-order valence-corrected chi connectivity index (χ0v) is 14.8. The van der Waals surface area contributed by atoms with Gasteiger partial charge in [-0.2, -0.15) is 13.9 Å². The van der Waals surface area contributed by atoms with Gasteiger partial charge in [-0.25, -0.2) is 4.98 Å². The summed E-state index contributed by atoms with van der Waals surface area (Å²) in [5.74, 6) is 0.126. The minimum Gasteiger partial charge on any atom is -0.440 e. The van der Waals surface area contributed by atoms with Crippen molar-refractivity contribution in [3.05, 3.63) is 34.3 Å². The second-order valence-electron chi connectivity index (χ2n) is 5.05. The van der Waals surface area contributed by atoms with E-state index in [4.69, 9.17) is 4.42 Å². The second kappa shape index (κ2) is 6.79. The first-order valence-electron chi connectivity index (χ1n) is 7.26. The van der Waals surface area contributed by atoms with Gasteiger partial charge >= 0.3 is 6.61 Å². The Morgan fingerprint density at radius 2 is 2.24 bits per heavy atom. The van der Waals surface area contributed by atoms with E-state index in [1.165, 1.54) is 23.0 Å². The van der Waals surface area contributed by atoms with Gasteiger partial charge in [0.1, 0.15) is 5.82 Å². The molecule has 10 heteroatoms. The molecule has 0 fully saturated rings. The van der Waals surface area contributed by atoms with E-state index in [1.807, 2.05) is 0 Å². The standard InChI is InChI=1S/C15H13BrF2N4O3/c1-3-10-20-11-9(24-15(17)18)5-4-7(12(11)25-10)14(23)21-13-8(16)6-19-22(13)2/h4-6,15H,3H2,1-2H3,(H,21,23). The smallest absolute Gasteiger partial charge is 0.387 e. The third kappa shape index (κ3) is 3.34. The fourth-order valence-electron chi connectivity index (χ4n) is 2.27. The fourth-order valence-corrected chi connectivity index (χ4v) is 2.72. The maximum atomic E-state index is 12.6. The molecule has 1 aromatic carbocycles. The Labute approximate surface area is 149 Å². The van der Waals surface area contributed by atoms with Gasteiger partial charge in [-0.1, -0.05) is 6.92 Å². The van der Waals surface area contributed by atoms with E-state index in [2.05, 4.69) is 36.1 Å². The Morgan fingerprint density at radius 3 is 2.84 bits per heavy atom. The van der Waals surface area contributed by atoms with Crippen LogP contribution in [0.5, 0.6) is 5.75 Å². The number of hydrogen-bond donors (Lipinski definition) is 1. The Balaban J connectivity index is 2.04. The third-order valence-electron chi connectivity index (χ3n) is 3.44. The first-order chi connectivity index (χ1) is 11.9. The van der Waals surface area contributed by atoms with Crippen molar-refractivity contribution < 1.29 is 22.7 Å². The first-order valence-corrected chi connectivity index (χ1v) is 8.06. The largest absolute Gasteiger partial charge is 0.440 e. The molecule has 0 radical (unpaired) electrons. The van der Waals surface area contributed by atoms with Gasteiger partial charge in [-0.05, 0) is 28.1 Å². The molecule has 2 heterocycles. The number of alkyl halides is 2. The van der Waals surface area contributed by atoms with Crippen molar-refractivity contribution in [1.82, 2.24) is 14.8 Å². The van der Waals surface area contributed by atoms with Crippen molar-refractivity contribution >= 4 is 38.8 Å². The van der Waals surface area contributed by atoms with Gasteiger partial charge < -0.3 is 14.5 Å². The summed E-state index contributed by atoms with van der Waals surface area (Å²) in [5, 5.41) is 6.70. The lowest BCUT2D eigenvalue weighted by atomic mass is 10.1. The number of rotatable bonds is 5. The van der Waals surface area contributed by atoms with E-state index in [-0.39, 0.29) is 22.4 Å². The SMILES string of the molecule is CCc1nc2c(OC(F)F)ccc(C(=O)Nc3c(Br)cnn3C)c2o1. The lowest BCUT2D eigenvalue weighted by Gasteiger charge is -2.08. The number of carbonyl (C=O) groups is 1. The van der Waals surface area contributed by atoms with Crippen LogP contribution in [0.2, 0.25) is 0 Å². The van der Waals surface area contributed by atoms with Crippen LogP contribution in [0, 0.1) is 0 Å². The number of benzene rings is 1. The van der Waals surface area contributed by atoms with Gasteiger partial charge in [-0.3, -0.25) is 9.48 Å². The van der Waals surface area contributed by atoms with Gasteiger partial charge in [0, 0.05) is 13.5 Å². The lowest BCUT2D eigenvalue weighted by Crippen LogP contribution is -2.15. The van der Waals surface area contributed by atoms with Gasteiger partial charge in [0.05, 0.1) is 16.2 Å². The van der Waals surface area contributed by atoms with Crippen molar-refractivity contribution in [1.29, 1.82) is 0 Å². The van der Waals surface area contributed by atoms with E-state index in [9.17, 15) is 13.6 Å². The van der Waals surface area contributed by atoms with Crippen LogP contribution in [0.1, 0.15) is 23.2 Å². The number of fused-ring (bicyclic) bond motifs is 1. The summed E-state index contributed by atoms with van der Waals surface area (Å²) in [6.07, 6.45) is 1.98. The van der Waals surface area contributed by atoms with E-state index in [1.54, 1.807) is 14.0 Å². The quantitative estimate of drug-likeness (QED) is 0.687. The molecule has 7 nitrogen and oxygen atoms in total. The van der Waals surface area contributed by atoms with Crippen LogP contribution in [0.3, 0.4) is 0 Å². The molecule has 0 aliphatic heterocycles. The molecule has 0 aliphatic rings. The second-order valence-corrected chi connectivity index (χ2v) is 5.90. The monoisotopic (exact) mass is 414 g/mol. The number of ether oxygens (including phenoxy) is 1. The molecular weight excluding hydrogens is 402 g/mol. The predicted octanol–water partition coefficient (Wildman–Crippen LogP) is 3.74. The molecule has 3 aromatic rings. The summed E-state index contributed by atoms with van der Waals surface area (Å²) >= 11 is 3.28. The maximum absolute atomic E-state index is 12.6. The number of carbonyl (C=O) groups excluding carboxylic acids is 1. The predicted molar refractivity (Wildman–Crippen MR) is 88.9 cm³/mol. The highest BCUT2D eigenvalue weighted by Crippen LogP contribution is 2.31. The molecule has 0 aliphatic carbocycles. The number of anilines is 1. The minimum atomic E-state index is -3.00. The molecule has 1 N–H and O–H groups in total. The fraction of sp³-hybridized carbons (Fsp3) is 0.267. The zero-order valence-electron chi connectivity index (χ0n) is 13.2. The number of amides is 1. The summed E-state index contributed by atoms with van der Waals surface area (Å²) in [7, 11) is 1.67. The highest BCUT2D eigenvalue weighted by atomic mass is 79.9. The summed E-state index contributed by atoms with van der Waals surface area (Å²) in [6.45, 7) is -1.21. The molecule has 0 atom stereocenters. The van der Waals surface area contributed by atoms with Crippen molar-refractivity contribution in [2.45, 2.75) is 20.0 Å². The highest BCUT2D eigenvalue weighted by Gasteiger charge is 2.22. The van der Waals surface area contributed by atoms with Gasteiger partial charge in [0.2, 0.25) is 0 Å².